The highest BCUT2D eigenvalue weighted by Crippen LogP contribution is 2.21. The minimum atomic E-state index is -0.568. The van der Waals surface area contributed by atoms with E-state index >= 15 is 0 Å². The van der Waals surface area contributed by atoms with Crippen molar-refractivity contribution in [2.75, 3.05) is 11.9 Å². The van der Waals surface area contributed by atoms with Gasteiger partial charge in [0, 0.05) is 17.3 Å². The highest BCUT2D eigenvalue weighted by Gasteiger charge is 2.12. The van der Waals surface area contributed by atoms with Gasteiger partial charge in [-0.05, 0) is 6.92 Å². The molecule has 0 bridgehead atoms. The van der Waals surface area contributed by atoms with E-state index in [2.05, 4.69) is 10.4 Å². The number of aromatic nitrogens is 3. The molecule has 2 aromatic heterocycles. The third-order valence-electron chi connectivity index (χ3n) is 2.11. The second-order valence-electron chi connectivity index (χ2n) is 3.40. The number of nitrogens with one attached hydrogen (secondary N) is 1. The van der Waals surface area contributed by atoms with E-state index < -0.39 is 5.82 Å². The van der Waals surface area contributed by atoms with Gasteiger partial charge in [-0.1, -0.05) is 11.6 Å². The summed E-state index contributed by atoms with van der Waals surface area (Å²) < 4.78 is 15.1. The highest BCUT2D eigenvalue weighted by atomic mass is 35.5. The van der Waals surface area contributed by atoms with Crippen LogP contribution in [0.4, 0.5) is 10.1 Å². The number of pyridine rings is 1. The van der Waals surface area contributed by atoms with Gasteiger partial charge in [-0.3, -0.25) is 5.21 Å². The second kappa shape index (κ2) is 4.58. The van der Waals surface area contributed by atoms with E-state index in [9.17, 15) is 9.60 Å². The number of anilines is 1. The quantitative estimate of drug-likeness (QED) is 0.649. The second-order valence-corrected chi connectivity index (χ2v) is 3.76. The smallest absolute Gasteiger partial charge is 0.257 e. The van der Waals surface area contributed by atoms with E-state index in [1.54, 1.807) is 6.20 Å². The van der Waals surface area contributed by atoms with Crippen molar-refractivity contribution in [2.45, 2.75) is 6.92 Å². The van der Waals surface area contributed by atoms with Crippen molar-refractivity contribution in [3.63, 3.8) is 0 Å². The molecule has 0 saturated carbocycles. The van der Waals surface area contributed by atoms with Crippen LogP contribution in [0, 0.1) is 5.82 Å². The Morgan fingerprint density at radius 1 is 1.59 bits per heavy atom. The van der Waals surface area contributed by atoms with Crippen LogP contribution in [0.15, 0.2) is 24.7 Å². The molecular formula is C10H11ClFN4O+. The Bertz CT molecular complexity index is 523. The molecule has 2 aromatic rings. The zero-order chi connectivity index (χ0) is 12.4. The van der Waals surface area contributed by atoms with Gasteiger partial charge in [0.1, 0.15) is 5.69 Å². The SMILES string of the molecule is CCNc1cn(-c2cc(F)c[n+](O)c2)nc1Cl. The summed E-state index contributed by atoms with van der Waals surface area (Å²) in [6.07, 6.45) is 3.89. The third kappa shape index (κ3) is 2.47. The Morgan fingerprint density at radius 3 is 3.00 bits per heavy atom. The molecule has 5 nitrogen and oxygen atoms in total. The van der Waals surface area contributed by atoms with Crippen molar-refractivity contribution in [1.82, 2.24) is 9.78 Å². The minimum absolute atomic E-state index is 0.292. The highest BCUT2D eigenvalue weighted by molar-refractivity contribution is 6.32. The summed E-state index contributed by atoms with van der Waals surface area (Å²) in [6.45, 7) is 2.63. The van der Waals surface area contributed by atoms with E-state index in [0.717, 1.165) is 6.20 Å². The molecule has 0 spiro atoms. The van der Waals surface area contributed by atoms with Crippen LogP contribution in [0.3, 0.4) is 0 Å². The lowest BCUT2D eigenvalue weighted by molar-refractivity contribution is -0.905. The molecule has 90 valence electrons. The summed E-state index contributed by atoms with van der Waals surface area (Å²) in [7, 11) is 0. The van der Waals surface area contributed by atoms with Crippen molar-refractivity contribution >= 4 is 17.3 Å². The Balaban J connectivity index is 2.42. The van der Waals surface area contributed by atoms with Crippen molar-refractivity contribution < 1.29 is 14.3 Å². The van der Waals surface area contributed by atoms with Gasteiger partial charge < -0.3 is 5.32 Å². The summed E-state index contributed by atoms with van der Waals surface area (Å²) in [5.74, 6) is -0.568. The van der Waals surface area contributed by atoms with Crippen molar-refractivity contribution in [3.05, 3.63) is 35.6 Å². The Hall–Kier alpha value is -1.82. The molecule has 0 fully saturated rings. The van der Waals surface area contributed by atoms with Crippen LogP contribution in [0.2, 0.25) is 5.15 Å². The molecule has 2 N–H and O–H groups in total. The first-order valence-corrected chi connectivity index (χ1v) is 5.38. The summed E-state index contributed by atoms with van der Waals surface area (Å²) in [5, 5.41) is 16.5. The van der Waals surface area contributed by atoms with Crippen LogP contribution >= 0.6 is 11.6 Å². The van der Waals surface area contributed by atoms with Gasteiger partial charge in [0.25, 0.3) is 6.20 Å². The number of nitrogens with zero attached hydrogens (tertiary/aromatic N) is 3. The molecule has 0 aliphatic heterocycles. The van der Waals surface area contributed by atoms with E-state index in [-0.39, 0.29) is 0 Å². The minimum Gasteiger partial charge on any atom is -0.382 e. The molecule has 0 unspecified atom stereocenters. The molecule has 2 rings (SSSR count). The molecule has 7 heteroatoms. The van der Waals surface area contributed by atoms with Crippen LogP contribution in [0.5, 0.6) is 0 Å². The van der Waals surface area contributed by atoms with Crippen molar-refractivity contribution in [1.29, 1.82) is 0 Å². The Kier molecular flexibility index (Phi) is 3.14. The van der Waals surface area contributed by atoms with Crippen molar-refractivity contribution in [3.8, 4) is 5.69 Å². The first-order valence-electron chi connectivity index (χ1n) is 5.00. The molecule has 0 aliphatic rings. The monoisotopic (exact) mass is 257 g/mol. The van der Waals surface area contributed by atoms with Gasteiger partial charge in [0.15, 0.2) is 11.0 Å². The Labute approximate surface area is 102 Å². The lowest BCUT2D eigenvalue weighted by Crippen LogP contribution is -2.30. The lowest BCUT2D eigenvalue weighted by atomic mass is 10.4. The topological polar surface area (TPSA) is 54.0 Å². The summed E-state index contributed by atoms with van der Waals surface area (Å²) in [5.41, 5.74) is 1.03. The molecule has 0 atom stereocenters. The van der Waals surface area contributed by atoms with E-state index in [1.807, 2.05) is 6.92 Å². The maximum atomic E-state index is 13.1. The lowest BCUT2D eigenvalue weighted by Gasteiger charge is -1.98. The van der Waals surface area contributed by atoms with Crippen LogP contribution in [-0.4, -0.2) is 21.5 Å². The number of hydrogen-bond acceptors (Lipinski definition) is 3. The first-order chi connectivity index (χ1) is 8.10. The summed E-state index contributed by atoms with van der Waals surface area (Å²) in [6, 6.07) is 1.24. The van der Waals surface area contributed by atoms with Crippen LogP contribution < -0.4 is 10.0 Å². The molecular weight excluding hydrogens is 247 g/mol. The standard InChI is InChI=1S/C10H11ClFN4O/c1-2-13-9-6-16(14-10(9)11)8-3-7(12)4-15(17)5-8/h3-6,13,17H,2H2,1H3/q+1. The van der Waals surface area contributed by atoms with Gasteiger partial charge in [0.05, 0.1) is 11.9 Å². The molecule has 0 saturated heterocycles. The molecule has 0 aromatic carbocycles. The number of hydrogen-bond donors (Lipinski definition) is 2. The van der Waals surface area contributed by atoms with Crippen LogP contribution in [-0.2, 0) is 0 Å². The van der Waals surface area contributed by atoms with Gasteiger partial charge in [0.2, 0.25) is 6.20 Å². The molecule has 2 heterocycles. The largest absolute Gasteiger partial charge is 0.382 e. The van der Waals surface area contributed by atoms with E-state index in [0.29, 0.717) is 27.8 Å². The molecule has 17 heavy (non-hydrogen) atoms. The van der Waals surface area contributed by atoms with E-state index in [4.69, 9.17) is 11.6 Å². The average molecular weight is 258 g/mol. The first kappa shape index (κ1) is 11.7. The number of rotatable bonds is 3. The fraction of sp³-hybridized carbons (Fsp3) is 0.200. The average Bonchev–Trinajstić information content (AvgIpc) is 2.60. The molecule has 0 aliphatic carbocycles. The normalized spacial score (nSPS) is 10.5. The molecule has 0 radical (unpaired) electrons. The zero-order valence-electron chi connectivity index (χ0n) is 9.06. The third-order valence-corrected chi connectivity index (χ3v) is 2.39. The fourth-order valence-electron chi connectivity index (χ4n) is 1.43. The Morgan fingerprint density at radius 2 is 2.35 bits per heavy atom. The van der Waals surface area contributed by atoms with Crippen LogP contribution in [0.25, 0.3) is 5.69 Å². The van der Waals surface area contributed by atoms with Gasteiger partial charge in [-0.2, -0.15) is 5.10 Å². The summed E-state index contributed by atoms with van der Waals surface area (Å²) >= 11 is 5.90. The van der Waals surface area contributed by atoms with Gasteiger partial charge in [-0.25, -0.2) is 9.07 Å². The zero-order valence-corrected chi connectivity index (χ0v) is 9.82. The predicted molar refractivity (Wildman–Crippen MR) is 60.1 cm³/mol. The van der Waals surface area contributed by atoms with Gasteiger partial charge >= 0.3 is 0 Å². The van der Waals surface area contributed by atoms with E-state index in [1.165, 1.54) is 16.9 Å². The van der Waals surface area contributed by atoms with Gasteiger partial charge in [-0.15, -0.1) is 0 Å². The number of halogens is 2. The predicted octanol–water partition coefficient (Wildman–Crippen LogP) is 1.62. The fourth-order valence-corrected chi connectivity index (χ4v) is 1.63. The maximum Gasteiger partial charge on any atom is 0.257 e. The molecule has 0 amide bonds. The summed E-state index contributed by atoms with van der Waals surface area (Å²) in [4.78, 5) is 0. The maximum absolute atomic E-state index is 13.1. The van der Waals surface area contributed by atoms with Crippen molar-refractivity contribution in [2.24, 2.45) is 0 Å². The van der Waals surface area contributed by atoms with Crippen LogP contribution in [0.1, 0.15) is 6.92 Å².